The average molecular weight is 247 g/mol. The van der Waals surface area contributed by atoms with E-state index in [1.807, 2.05) is 0 Å². The molecule has 1 heterocycles. The van der Waals surface area contributed by atoms with Crippen LogP contribution in [0.25, 0.3) is 0 Å². The molecule has 1 aliphatic rings. The van der Waals surface area contributed by atoms with Crippen LogP contribution in [0.1, 0.15) is 13.3 Å². The zero-order valence-corrected chi connectivity index (χ0v) is 10.9. The van der Waals surface area contributed by atoms with Crippen molar-refractivity contribution in [2.75, 3.05) is 53.2 Å². The summed E-state index contributed by atoms with van der Waals surface area (Å²) in [6.07, 6.45) is 0.979. The molecule has 1 N–H and O–H groups in total. The van der Waals surface area contributed by atoms with Gasteiger partial charge in [-0.25, -0.2) is 0 Å². The normalized spacial score (nSPS) is 26.3. The van der Waals surface area contributed by atoms with Gasteiger partial charge in [0.25, 0.3) is 0 Å². The Kier molecular flexibility index (Phi) is 7.72. The zero-order valence-electron chi connectivity index (χ0n) is 10.9. The lowest BCUT2D eigenvalue weighted by Gasteiger charge is -2.37. The summed E-state index contributed by atoms with van der Waals surface area (Å²) >= 11 is 0. The van der Waals surface area contributed by atoms with Crippen molar-refractivity contribution in [2.45, 2.75) is 25.5 Å². The van der Waals surface area contributed by atoms with E-state index in [0.717, 1.165) is 26.1 Å². The Bertz CT molecular complexity index is 191. The van der Waals surface area contributed by atoms with Crippen molar-refractivity contribution in [3.05, 3.63) is 0 Å². The highest BCUT2D eigenvalue weighted by Crippen LogP contribution is 2.11. The van der Waals surface area contributed by atoms with Gasteiger partial charge in [-0.15, -0.1) is 0 Å². The highest BCUT2D eigenvalue weighted by atomic mass is 16.5. The molecule has 1 aliphatic heterocycles. The van der Waals surface area contributed by atoms with E-state index in [2.05, 4.69) is 11.8 Å². The number of hydrogen-bond acceptors (Lipinski definition) is 5. The van der Waals surface area contributed by atoms with Gasteiger partial charge >= 0.3 is 0 Å². The quantitative estimate of drug-likeness (QED) is 0.618. The molecule has 17 heavy (non-hydrogen) atoms. The van der Waals surface area contributed by atoms with Crippen LogP contribution in [0.5, 0.6) is 0 Å². The van der Waals surface area contributed by atoms with Crippen molar-refractivity contribution >= 4 is 0 Å². The zero-order chi connectivity index (χ0) is 12.5. The fourth-order valence-electron chi connectivity index (χ4n) is 1.91. The molecule has 0 aromatic rings. The molecule has 0 bridgehead atoms. The largest absolute Gasteiger partial charge is 0.394 e. The standard InChI is InChI=1S/C12H25NO4/c1-11-10-17-12(9-14)8-13(11)4-3-5-16-7-6-15-2/h11-12,14H,3-10H2,1-2H3. The molecule has 0 amide bonds. The van der Waals surface area contributed by atoms with Gasteiger partial charge in [0.15, 0.2) is 0 Å². The van der Waals surface area contributed by atoms with Crippen LogP contribution in [0.15, 0.2) is 0 Å². The maximum absolute atomic E-state index is 9.07. The van der Waals surface area contributed by atoms with Gasteiger partial charge < -0.3 is 19.3 Å². The van der Waals surface area contributed by atoms with Crippen LogP contribution in [0.2, 0.25) is 0 Å². The summed E-state index contributed by atoms with van der Waals surface area (Å²) in [7, 11) is 1.67. The summed E-state index contributed by atoms with van der Waals surface area (Å²) in [5.41, 5.74) is 0. The van der Waals surface area contributed by atoms with Crippen molar-refractivity contribution in [2.24, 2.45) is 0 Å². The minimum atomic E-state index is -0.0272. The van der Waals surface area contributed by atoms with Crippen molar-refractivity contribution in [3.8, 4) is 0 Å². The van der Waals surface area contributed by atoms with Gasteiger partial charge in [0.1, 0.15) is 0 Å². The van der Waals surface area contributed by atoms with Crippen molar-refractivity contribution in [3.63, 3.8) is 0 Å². The molecule has 0 saturated carbocycles. The number of aliphatic hydroxyl groups is 1. The third-order valence-corrected chi connectivity index (χ3v) is 3.00. The molecule has 0 aromatic carbocycles. The van der Waals surface area contributed by atoms with Gasteiger partial charge in [0, 0.05) is 32.8 Å². The van der Waals surface area contributed by atoms with E-state index in [4.69, 9.17) is 19.3 Å². The third kappa shape index (κ3) is 5.79. The Morgan fingerprint density at radius 2 is 2.18 bits per heavy atom. The first-order valence-electron chi connectivity index (χ1n) is 6.31. The van der Waals surface area contributed by atoms with Gasteiger partial charge in [-0.2, -0.15) is 0 Å². The minimum Gasteiger partial charge on any atom is -0.394 e. The second-order valence-corrected chi connectivity index (χ2v) is 4.44. The van der Waals surface area contributed by atoms with E-state index >= 15 is 0 Å². The number of morpholine rings is 1. The van der Waals surface area contributed by atoms with E-state index in [-0.39, 0.29) is 12.7 Å². The van der Waals surface area contributed by atoms with Crippen LogP contribution in [0.3, 0.4) is 0 Å². The first kappa shape index (κ1) is 14.9. The molecule has 0 radical (unpaired) electrons. The van der Waals surface area contributed by atoms with Crippen LogP contribution in [0, 0.1) is 0 Å². The predicted octanol–water partition coefficient (Wildman–Crippen LogP) is 0.121. The van der Waals surface area contributed by atoms with Gasteiger partial charge in [-0.05, 0) is 13.3 Å². The van der Waals surface area contributed by atoms with E-state index in [1.54, 1.807) is 7.11 Å². The number of rotatable bonds is 8. The van der Waals surface area contributed by atoms with Crippen LogP contribution in [-0.2, 0) is 14.2 Å². The van der Waals surface area contributed by atoms with Crippen LogP contribution < -0.4 is 0 Å². The Hall–Kier alpha value is -0.200. The molecule has 2 unspecified atom stereocenters. The van der Waals surface area contributed by atoms with Gasteiger partial charge in [-0.3, -0.25) is 4.90 Å². The molecule has 5 nitrogen and oxygen atoms in total. The molecule has 1 saturated heterocycles. The van der Waals surface area contributed by atoms with E-state index in [0.29, 0.717) is 25.9 Å². The molecule has 2 atom stereocenters. The molecule has 1 fully saturated rings. The third-order valence-electron chi connectivity index (χ3n) is 3.00. The molecule has 102 valence electrons. The highest BCUT2D eigenvalue weighted by molar-refractivity contribution is 4.76. The lowest BCUT2D eigenvalue weighted by molar-refractivity contribution is -0.0793. The lowest BCUT2D eigenvalue weighted by Crippen LogP contribution is -2.49. The smallest absolute Gasteiger partial charge is 0.0933 e. The molecule has 1 rings (SSSR count). The van der Waals surface area contributed by atoms with Crippen molar-refractivity contribution < 1.29 is 19.3 Å². The summed E-state index contributed by atoms with van der Waals surface area (Å²) in [4.78, 5) is 2.35. The first-order valence-corrected chi connectivity index (χ1v) is 6.31. The van der Waals surface area contributed by atoms with Crippen molar-refractivity contribution in [1.82, 2.24) is 4.90 Å². The van der Waals surface area contributed by atoms with Crippen LogP contribution in [-0.4, -0.2) is 75.4 Å². The Labute approximate surface area is 104 Å². The number of methoxy groups -OCH3 is 1. The van der Waals surface area contributed by atoms with Gasteiger partial charge in [-0.1, -0.05) is 0 Å². The molecule has 0 aliphatic carbocycles. The minimum absolute atomic E-state index is 0.0272. The molecular weight excluding hydrogens is 222 g/mol. The number of aliphatic hydroxyl groups excluding tert-OH is 1. The topological polar surface area (TPSA) is 51.2 Å². The summed E-state index contributed by atoms with van der Waals surface area (Å²) < 4.78 is 15.8. The first-order chi connectivity index (χ1) is 8.27. The summed E-state index contributed by atoms with van der Waals surface area (Å²) in [6, 6.07) is 0.428. The second-order valence-electron chi connectivity index (χ2n) is 4.44. The molecule has 0 spiro atoms. The average Bonchev–Trinajstić information content (AvgIpc) is 2.35. The van der Waals surface area contributed by atoms with Crippen molar-refractivity contribution in [1.29, 1.82) is 0 Å². The SMILES string of the molecule is COCCOCCCN1CC(CO)OCC1C. The fraction of sp³-hybridized carbons (Fsp3) is 1.00. The summed E-state index contributed by atoms with van der Waals surface area (Å²) in [5, 5.41) is 9.07. The maximum atomic E-state index is 9.07. The molecular formula is C12H25NO4. The molecule has 5 heteroatoms. The number of ether oxygens (including phenoxy) is 3. The maximum Gasteiger partial charge on any atom is 0.0933 e. The van der Waals surface area contributed by atoms with Gasteiger partial charge in [0.05, 0.1) is 32.5 Å². The van der Waals surface area contributed by atoms with Crippen LogP contribution >= 0.6 is 0 Å². The van der Waals surface area contributed by atoms with E-state index in [1.165, 1.54) is 0 Å². The highest BCUT2D eigenvalue weighted by Gasteiger charge is 2.24. The second kappa shape index (κ2) is 8.83. The van der Waals surface area contributed by atoms with Gasteiger partial charge in [0.2, 0.25) is 0 Å². The Balaban J connectivity index is 2.07. The van der Waals surface area contributed by atoms with E-state index < -0.39 is 0 Å². The number of nitrogens with zero attached hydrogens (tertiary/aromatic N) is 1. The summed E-state index contributed by atoms with van der Waals surface area (Å²) in [5.74, 6) is 0. The molecule has 0 aromatic heterocycles. The fourth-order valence-corrected chi connectivity index (χ4v) is 1.91. The monoisotopic (exact) mass is 247 g/mol. The number of hydrogen-bond donors (Lipinski definition) is 1. The Morgan fingerprint density at radius 1 is 1.35 bits per heavy atom. The Morgan fingerprint density at radius 3 is 2.88 bits per heavy atom. The summed E-state index contributed by atoms with van der Waals surface area (Å²) in [6.45, 7) is 6.85. The lowest BCUT2D eigenvalue weighted by atomic mass is 10.2. The van der Waals surface area contributed by atoms with E-state index in [9.17, 15) is 0 Å². The predicted molar refractivity (Wildman–Crippen MR) is 65.2 cm³/mol. The van der Waals surface area contributed by atoms with Crippen LogP contribution in [0.4, 0.5) is 0 Å².